The summed E-state index contributed by atoms with van der Waals surface area (Å²) in [7, 11) is 1.57. The summed E-state index contributed by atoms with van der Waals surface area (Å²) in [4.78, 5) is 0. The monoisotopic (exact) mass is 292 g/mol. The van der Waals surface area contributed by atoms with E-state index in [1.54, 1.807) is 14.0 Å². The first-order chi connectivity index (χ1) is 9.43. The van der Waals surface area contributed by atoms with Crippen molar-refractivity contribution in [2.45, 2.75) is 62.4 Å². The Morgan fingerprint density at radius 1 is 1.25 bits per heavy atom. The molecule has 0 unspecified atom stereocenters. The van der Waals surface area contributed by atoms with Gasteiger partial charge in [0.1, 0.15) is 12.2 Å². The Bertz CT molecular complexity index is 320. The number of ether oxygens (including phenoxy) is 4. The van der Waals surface area contributed by atoms with E-state index in [4.69, 9.17) is 30.4 Å². The van der Waals surface area contributed by atoms with E-state index in [9.17, 15) is 10.2 Å². The third-order valence-electron chi connectivity index (χ3n) is 3.90. The topological polar surface area (TPSA) is 129 Å². The summed E-state index contributed by atoms with van der Waals surface area (Å²) in [6.07, 6.45) is -4.10. The Morgan fingerprint density at radius 2 is 1.95 bits per heavy atom. The largest absolute Gasteiger partial charge is 0.388 e. The molecule has 2 saturated heterocycles. The lowest BCUT2D eigenvalue weighted by atomic mass is 9.97. The quantitative estimate of drug-likeness (QED) is 0.465. The van der Waals surface area contributed by atoms with Crippen LogP contribution in [0.25, 0.3) is 0 Å². The number of rotatable bonds is 3. The maximum Gasteiger partial charge on any atom is 0.184 e. The minimum Gasteiger partial charge on any atom is -0.388 e. The second-order valence-electron chi connectivity index (χ2n) is 5.34. The predicted molar refractivity (Wildman–Crippen MR) is 68.5 cm³/mol. The van der Waals surface area contributed by atoms with Gasteiger partial charge in [0.25, 0.3) is 0 Å². The van der Waals surface area contributed by atoms with Crippen LogP contribution in [0.15, 0.2) is 0 Å². The summed E-state index contributed by atoms with van der Waals surface area (Å²) < 4.78 is 21.5. The Labute approximate surface area is 117 Å². The molecule has 0 saturated carbocycles. The number of hydrogen-bond donors (Lipinski definition) is 4. The molecule has 0 amide bonds. The van der Waals surface area contributed by atoms with E-state index in [1.807, 2.05) is 0 Å². The van der Waals surface area contributed by atoms with Crippen LogP contribution in [0, 0.1) is 0 Å². The van der Waals surface area contributed by atoms with Crippen LogP contribution in [-0.2, 0) is 18.9 Å². The average Bonchev–Trinajstić information content (AvgIpc) is 2.43. The summed E-state index contributed by atoms with van der Waals surface area (Å²) in [5.41, 5.74) is 11.6. The van der Waals surface area contributed by atoms with E-state index >= 15 is 0 Å². The molecule has 2 fully saturated rings. The van der Waals surface area contributed by atoms with E-state index in [0.717, 1.165) is 0 Å². The number of nitrogens with two attached hydrogens (primary N) is 2. The molecule has 0 aliphatic carbocycles. The van der Waals surface area contributed by atoms with Gasteiger partial charge in [-0.3, -0.25) is 0 Å². The Balaban J connectivity index is 1.95. The summed E-state index contributed by atoms with van der Waals surface area (Å²) in [5.74, 6) is 0. The standard InChI is InChI=1S/C12H24N2O6/c1-5-9(14)10(15)11(12(16)19-5)20-8-3-7(17-2)6(13)4-18-8/h5-12,15-16H,3-4,13-14H2,1-2H3/t5-,6+,7+,8+,9-,10+,11-,12-/m1/s1. The van der Waals surface area contributed by atoms with Crippen molar-refractivity contribution in [1.29, 1.82) is 0 Å². The van der Waals surface area contributed by atoms with E-state index in [2.05, 4.69) is 0 Å². The zero-order valence-corrected chi connectivity index (χ0v) is 11.7. The summed E-state index contributed by atoms with van der Waals surface area (Å²) >= 11 is 0. The third kappa shape index (κ3) is 3.29. The zero-order valence-electron chi connectivity index (χ0n) is 11.7. The molecule has 0 aromatic carbocycles. The molecule has 0 spiro atoms. The van der Waals surface area contributed by atoms with Gasteiger partial charge in [-0.05, 0) is 6.92 Å². The maximum atomic E-state index is 10.1. The number of methoxy groups -OCH3 is 1. The average molecular weight is 292 g/mol. The molecular weight excluding hydrogens is 268 g/mol. The van der Waals surface area contributed by atoms with Crippen LogP contribution in [0.1, 0.15) is 13.3 Å². The van der Waals surface area contributed by atoms with Crippen LogP contribution in [0.5, 0.6) is 0 Å². The van der Waals surface area contributed by atoms with Crippen LogP contribution in [0.2, 0.25) is 0 Å². The SMILES string of the molecule is CO[C@H]1C[C@H](O[C@@H]2[C@@H](O)[C@H](N)[C@@H](C)O[C@H]2O)OC[C@@H]1N. The van der Waals surface area contributed by atoms with Crippen LogP contribution in [0.3, 0.4) is 0 Å². The van der Waals surface area contributed by atoms with Gasteiger partial charge in [-0.2, -0.15) is 0 Å². The van der Waals surface area contributed by atoms with Crippen molar-refractivity contribution >= 4 is 0 Å². The van der Waals surface area contributed by atoms with E-state index in [0.29, 0.717) is 6.42 Å². The number of hydrogen-bond acceptors (Lipinski definition) is 8. The minimum atomic E-state index is -1.25. The molecule has 0 aromatic rings. The minimum absolute atomic E-state index is 0.194. The molecule has 0 radical (unpaired) electrons. The first-order valence-corrected chi connectivity index (χ1v) is 6.76. The predicted octanol–water partition coefficient (Wildman–Crippen LogP) is -2.11. The van der Waals surface area contributed by atoms with Gasteiger partial charge in [-0.1, -0.05) is 0 Å². The van der Waals surface area contributed by atoms with Crippen LogP contribution >= 0.6 is 0 Å². The number of aliphatic hydroxyl groups excluding tert-OH is 2. The van der Waals surface area contributed by atoms with Gasteiger partial charge >= 0.3 is 0 Å². The van der Waals surface area contributed by atoms with Crippen molar-refractivity contribution in [3.63, 3.8) is 0 Å². The van der Waals surface area contributed by atoms with Gasteiger partial charge in [0.05, 0.1) is 30.9 Å². The molecule has 2 rings (SSSR count). The smallest absolute Gasteiger partial charge is 0.184 e. The first-order valence-electron chi connectivity index (χ1n) is 6.76. The molecule has 2 heterocycles. The van der Waals surface area contributed by atoms with Crippen molar-refractivity contribution in [2.24, 2.45) is 11.5 Å². The third-order valence-corrected chi connectivity index (χ3v) is 3.90. The molecular formula is C12H24N2O6. The summed E-state index contributed by atoms with van der Waals surface area (Å²) in [6.45, 7) is 1.97. The van der Waals surface area contributed by atoms with Crippen LogP contribution in [-0.4, -0.2) is 73.0 Å². The van der Waals surface area contributed by atoms with Gasteiger partial charge in [0, 0.05) is 13.5 Å². The van der Waals surface area contributed by atoms with Crippen molar-refractivity contribution in [3.05, 3.63) is 0 Å². The highest BCUT2D eigenvalue weighted by Gasteiger charge is 2.44. The van der Waals surface area contributed by atoms with Gasteiger partial charge in [-0.25, -0.2) is 0 Å². The van der Waals surface area contributed by atoms with Crippen LogP contribution < -0.4 is 11.5 Å². The fourth-order valence-corrected chi connectivity index (χ4v) is 2.50. The molecule has 8 heteroatoms. The molecule has 0 bridgehead atoms. The fraction of sp³-hybridized carbons (Fsp3) is 1.00. The maximum absolute atomic E-state index is 10.1. The van der Waals surface area contributed by atoms with Gasteiger partial charge in [0.2, 0.25) is 0 Å². The van der Waals surface area contributed by atoms with Crippen molar-refractivity contribution in [1.82, 2.24) is 0 Å². The van der Waals surface area contributed by atoms with Gasteiger partial charge in [0.15, 0.2) is 12.6 Å². The Hall–Kier alpha value is -0.320. The summed E-state index contributed by atoms with van der Waals surface area (Å²) in [5, 5.41) is 19.9. The Kier molecular flexibility index (Phi) is 5.32. The lowest BCUT2D eigenvalue weighted by molar-refractivity contribution is -0.309. The molecule has 20 heavy (non-hydrogen) atoms. The zero-order chi connectivity index (χ0) is 14.9. The van der Waals surface area contributed by atoms with Crippen molar-refractivity contribution < 1.29 is 29.2 Å². The molecule has 2 aliphatic rings. The molecule has 6 N–H and O–H groups in total. The number of aliphatic hydroxyl groups is 2. The fourth-order valence-electron chi connectivity index (χ4n) is 2.50. The second kappa shape index (κ2) is 6.63. The van der Waals surface area contributed by atoms with E-state index in [-0.39, 0.29) is 18.8 Å². The molecule has 8 atom stereocenters. The lowest BCUT2D eigenvalue weighted by Crippen LogP contribution is -2.62. The summed E-state index contributed by atoms with van der Waals surface area (Å²) in [6, 6.07) is -0.855. The molecule has 8 nitrogen and oxygen atoms in total. The molecule has 118 valence electrons. The van der Waals surface area contributed by atoms with Gasteiger partial charge < -0.3 is 40.6 Å². The first kappa shape index (κ1) is 16.1. The lowest BCUT2D eigenvalue weighted by Gasteiger charge is -2.42. The van der Waals surface area contributed by atoms with Gasteiger partial charge in [-0.15, -0.1) is 0 Å². The van der Waals surface area contributed by atoms with Crippen molar-refractivity contribution in [3.8, 4) is 0 Å². The molecule has 0 aromatic heterocycles. The molecule has 2 aliphatic heterocycles. The van der Waals surface area contributed by atoms with E-state index < -0.39 is 36.9 Å². The van der Waals surface area contributed by atoms with E-state index in [1.165, 1.54) is 0 Å². The highest BCUT2D eigenvalue weighted by atomic mass is 16.7. The highest BCUT2D eigenvalue weighted by molar-refractivity contribution is 4.91. The normalized spacial score (nSPS) is 50.1. The highest BCUT2D eigenvalue weighted by Crippen LogP contribution is 2.25. The Morgan fingerprint density at radius 3 is 2.60 bits per heavy atom. The van der Waals surface area contributed by atoms with Crippen molar-refractivity contribution in [2.75, 3.05) is 13.7 Å². The second-order valence-corrected chi connectivity index (χ2v) is 5.34. The van der Waals surface area contributed by atoms with Crippen LogP contribution in [0.4, 0.5) is 0 Å².